The van der Waals surface area contributed by atoms with E-state index in [9.17, 15) is 4.39 Å². The van der Waals surface area contributed by atoms with Gasteiger partial charge in [-0.1, -0.05) is 30.3 Å². The van der Waals surface area contributed by atoms with Gasteiger partial charge in [0.15, 0.2) is 0 Å². The molecule has 3 aromatic rings. The molecular weight excluding hydrogens is 251 g/mol. The van der Waals surface area contributed by atoms with E-state index in [1.807, 2.05) is 18.2 Å². The molecule has 20 heavy (non-hydrogen) atoms. The Morgan fingerprint density at radius 3 is 2.85 bits per heavy atom. The van der Waals surface area contributed by atoms with Crippen LogP contribution in [0, 0.1) is 5.82 Å². The van der Waals surface area contributed by atoms with Crippen molar-refractivity contribution in [3.63, 3.8) is 0 Å². The zero-order valence-electron chi connectivity index (χ0n) is 10.9. The molecule has 3 heteroatoms. The zero-order valence-corrected chi connectivity index (χ0v) is 10.9. The van der Waals surface area contributed by atoms with Gasteiger partial charge in [0, 0.05) is 23.0 Å². The highest BCUT2D eigenvalue weighted by molar-refractivity contribution is 6.15. The van der Waals surface area contributed by atoms with Gasteiger partial charge in [0.2, 0.25) is 0 Å². The van der Waals surface area contributed by atoms with Gasteiger partial charge in [-0.05, 0) is 30.2 Å². The van der Waals surface area contributed by atoms with Crippen molar-refractivity contribution in [3.8, 4) is 0 Å². The normalized spacial score (nSPS) is 14.2. The maximum atomic E-state index is 13.4. The summed E-state index contributed by atoms with van der Waals surface area (Å²) >= 11 is 0. The summed E-state index contributed by atoms with van der Waals surface area (Å²) in [5.41, 5.74) is 5.13. The lowest BCUT2D eigenvalue weighted by Gasteiger charge is -2.13. The maximum absolute atomic E-state index is 13.4. The maximum Gasteiger partial charge on any atom is 0.123 e. The van der Waals surface area contributed by atoms with Crippen LogP contribution in [0.2, 0.25) is 0 Å². The van der Waals surface area contributed by atoms with Crippen molar-refractivity contribution in [1.82, 2.24) is 4.98 Å². The first kappa shape index (κ1) is 11.4. The first-order valence-corrected chi connectivity index (χ1v) is 6.73. The first-order chi connectivity index (χ1) is 9.83. The highest BCUT2D eigenvalue weighted by Crippen LogP contribution is 2.28. The van der Waals surface area contributed by atoms with E-state index >= 15 is 0 Å². The van der Waals surface area contributed by atoms with Gasteiger partial charge in [-0.3, -0.25) is 4.99 Å². The van der Waals surface area contributed by atoms with Crippen LogP contribution in [0.15, 0.2) is 53.5 Å². The van der Waals surface area contributed by atoms with Gasteiger partial charge < -0.3 is 4.98 Å². The van der Waals surface area contributed by atoms with Gasteiger partial charge >= 0.3 is 0 Å². The summed E-state index contributed by atoms with van der Waals surface area (Å²) in [7, 11) is 0. The number of fused-ring (bicyclic) bond motifs is 3. The predicted molar refractivity (Wildman–Crippen MR) is 78.9 cm³/mol. The van der Waals surface area contributed by atoms with Crippen molar-refractivity contribution in [2.45, 2.75) is 6.42 Å². The highest BCUT2D eigenvalue weighted by atomic mass is 19.1. The van der Waals surface area contributed by atoms with Crippen LogP contribution in [0.25, 0.3) is 10.9 Å². The van der Waals surface area contributed by atoms with Crippen molar-refractivity contribution in [3.05, 3.63) is 71.2 Å². The fourth-order valence-corrected chi connectivity index (χ4v) is 2.89. The smallest absolute Gasteiger partial charge is 0.123 e. The number of aromatic amines is 1. The molecule has 0 saturated carbocycles. The van der Waals surface area contributed by atoms with E-state index in [1.165, 1.54) is 17.0 Å². The second kappa shape index (κ2) is 4.30. The van der Waals surface area contributed by atoms with Gasteiger partial charge in [-0.15, -0.1) is 0 Å². The third kappa shape index (κ3) is 1.67. The number of hydrogen-bond acceptors (Lipinski definition) is 1. The van der Waals surface area contributed by atoms with Crippen molar-refractivity contribution < 1.29 is 4.39 Å². The molecule has 0 saturated heterocycles. The van der Waals surface area contributed by atoms with Gasteiger partial charge in [0.1, 0.15) is 5.82 Å². The minimum Gasteiger partial charge on any atom is -0.353 e. The number of rotatable bonds is 1. The van der Waals surface area contributed by atoms with Crippen molar-refractivity contribution in [2.24, 2.45) is 4.99 Å². The Hall–Kier alpha value is -2.42. The molecule has 0 spiro atoms. The van der Waals surface area contributed by atoms with Crippen molar-refractivity contribution in [1.29, 1.82) is 0 Å². The third-order valence-corrected chi connectivity index (χ3v) is 3.78. The van der Waals surface area contributed by atoms with Gasteiger partial charge in [-0.25, -0.2) is 4.39 Å². The summed E-state index contributed by atoms with van der Waals surface area (Å²) in [5.74, 6) is -0.228. The number of aromatic nitrogens is 1. The Morgan fingerprint density at radius 1 is 1.05 bits per heavy atom. The molecule has 0 radical (unpaired) electrons. The third-order valence-electron chi connectivity index (χ3n) is 3.78. The summed E-state index contributed by atoms with van der Waals surface area (Å²) in [6.07, 6.45) is 0.929. The molecule has 0 atom stereocenters. The summed E-state index contributed by atoms with van der Waals surface area (Å²) in [6, 6.07) is 14.9. The molecule has 2 heterocycles. The van der Waals surface area contributed by atoms with E-state index in [4.69, 9.17) is 0 Å². The standard InChI is InChI=1S/C17H13FN2/c18-12-5-3-4-11(10-12)16-17-14(8-9-19-16)13-6-1-2-7-15(13)20-17/h1-7,10,20H,8-9H2. The average Bonchev–Trinajstić information content (AvgIpc) is 2.86. The second-order valence-electron chi connectivity index (χ2n) is 5.01. The molecule has 1 aliphatic rings. The predicted octanol–water partition coefficient (Wildman–Crippen LogP) is 3.70. The number of benzene rings is 2. The number of halogens is 1. The van der Waals surface area contributed by atoms with E-state index in [0.29, 0.717) is 0 Å². The fourth-order valence-electron chi connectivity index (χ4n) is 2.89. The average molecular weight is 264 g/mol. The van der Waals surface area contributed by atoms with E-state index < -0.39 is 0 Å². The molecule has 98 valence electrons. The topological polar surface area (TPSA) is 28.1 Å². The minimum absolute atomic E-state index is 0.228. The Kier molecular flexibility index (Phi) is 2.46. The van der Waals surface area contributed by atoms with Crippen LogP contribution < -0.4 is 0 Å². The second-order valence-corrected chi connectivity index (χ2v) is 5.01. The Balaban J connectivity index is 1.94. The van der Waals surface area contributed by atoms with E-state index in [2.05, 4.69) is 22.1 Å². The molecule has 0 aliphatic carbocycles. The number of hydrogen-bond donors (Lipinski definition) is 1. The van der Waals surface area contributed by atoms with Gasteiger partial charge in [0.05, 0.1) is 11.4 Å². The molecule has 2 nitrogen and oxygen atoms in total. The number of para-hydroxylation sites is 1. The molecule has 1 aromatic heterocycles. The molecule has 0 fully saturated rings. The summed E-state index contributed by atoms with van der Waals surface area (Å²) < 4.78 is 13.4. The summed E-state index contributed by atoms with van der Waals surface area (Å²) in [6.45, 7) is 0.751. The largest absolute Gasteiger partial charge is 0.353 e. The van der Waals surface area contributed by atoms with Crippen LogP contribution in [0.1, 0.15) is 16.8 Å². The van der Waals surface area contributed by atoms with E-state index in [-0.39, 0.29) is 5.82 Å². The number of nitrogens with one attached hydrogen (secondary N) is 1. The van der Waals surface area contributed by atoms with Crippen LogP contribution in [-0.2, 0) is 6.42 Å². The molecule has 0 unspecified atom stereocenters. The lowest BCUT2D eigenvalue weighted by atomic mass is 9.98. The molecular formula is C17H13FN2. The van der Waals surface area contributed by atoms with E-state index in [1.54, 1.807) is 12.1 Å². The number of aliphatic imine (C=N–C) groups is 1. The first-order valence-electron chi connectivity index (χ1n) is 6.73. The van der Waals surface area contributed by atoms with Crippen LogP contribution >= 0.6 is 0 Å². The Bertz CT molecular complexity index is 830. The number of nitrogens with zero attached hydrogens (tertiary/aromatic N) is 1. The van der Waals surface area contributed by atoms with Gasteiger partial charge in [0.25, 0.3) is 0 Å². The molecule has 2 aromatic carbocycles. The highest BCUT2D eigenvalue weighted by Gasteiger charge is 2.20. The Labute approximate surface area is 116 Å². The van der Waals surface area contributed by atoms with Crippen molar-refractivity contribution >= 4 is 16.6 Å². The molecule has 4 rings (SSSR count). The summed E-state index contributed by atoms with van der Waals surface area (Å²) in [5, 5.41) is 1.24. The lowest BCUT2D eigenvalue weighted by Crippen LogP contribution is -2.13. The van der Waals surface area contributed by atoms with Crippen LogP contribution in [-0.4, -0.2) is 17.2 Å². The zero-order chi connectivity index (χ0) is 13.5. The summed E-state index contributed by atoms with van der Waals surface area (Å²) in [4.78, 5) is 8.03. The van der Waals surface area contributed by atoms with Crippen LogP contribution in [0.3, 0.4) is 0 Å². The molecule has 0 amide bonds. The molecule has 1 N–H and O–H groups in total. The lowest BCUT2D eigenvalue weighted by molar-refractivity contribution is 0.627. The molecule has 0 bridgehead atoms. The Morgan fingerprint density at radius 2 is 1.95 bits per heavy atom. The minimum atomic E-state index is -0.228. The van der Waals surface area contributed by atoms with Gasteiger partial charge in [-0.2, -0.15) is 0 Å². The fraction of sp³-hybridized carbons (Fsp3) is 0.118. The SMILES string of the molecule is Fc1cccc(C2=NCCc3c2[nH]c2ccccc32)c1. The van der Waals surface area contributed by atoms with Crippen LogP contribution in [0.4, 0.5) is 4.39 Å². The van der Waals surface area contributed by atoms with Crippen molar-refractivity contribution in [2.75, 3.05) is 6.54 Å². The van der Waals surface area contributed by atoms with E-state index in [0.717, 1.165) is 35.5 Å². The molecule has 1 aliphatic heterocycles. The number of H-pyrrole nitrogens is 1. The van der Waals surface area contributed by atoms with Crippen LogP contribution in [0.5, 0.6) is 0 Å². The quantitative estimate of drug-likeness (QED) is 0.694. The monoisotopic (exact) mass is 264 g/mol.